The van der Waals surface area contributed by atoms with Gasteiger partial charge < -0.3 is 4.74 Å². The SMILES string of the molecule is CC(C)C1Cc2cc(OC(C)(C)C3CCCCC3)ccc2C1C(C)(C)C. The first kappa shape index (κ1) is 19.8. The molecule has 1 fully saturated rings. The van der Waals surface area contributed by atoms with Gasteiger partial charge in [0, 0.05) is 0 Å². The summed E-state index contributed by atoms with van der Waals surface area (Å²) in [6, 6.07) is 6.98. The third-order valence-corrected chi connectivity index (χ3v) is 7.09. The Kier molecular flexibility index (Phi) is 5.48. The Morgan fingerprint density at radius 3 is 2.19 bits per heavy atom. The van der Waals surface area contributed by atoms with Crippen molar-refractivity contribution in [2.24, 2.45) is 23.2 Å². The van der Waals surface area contributed by atoms with E-state index in [-0.39, 0.29) is 5.60 Å². The predicted molar refractivity (Wildman–Crippen MR) is 112 cm³/mol. The third-order valence-electron chi connectivity index (χ3n) is 7.09. The maximum atomic E-state index is 6.58. The number of rotatable bonds is 4. The summed E-state index contributed by atoms with van der Waals surface area (Å²) in [6.07, 6.45) is 7.97. The van der Waals surface area contributed by atoms with Crippen molar-refractivity contribution >= 4 is 0 Å². The molecular weight excluding hydrogens is 316 g/mol. The van der Waals surface area contributed by atoms with Crippen molar-refractivity contribution in [2.75, 3.05) is 0 Å². The monoisotopic (exact) mass is 356 g/mol. The highest BCUT2D eigenvalue weighted by molar-refractivity contribution is 5.43. The maximum absolute atomic E-state index is 6.58. The van der Waals surface area contributed by atoms with Crippen LogP contribution in [-0.4, -0.2) is 5.60 Å². The van der Waals surface area contributed by atoms with Crippen LogP contribution in [-0.2, 0) is 6.42 Å². The molecule has 0 amide bonds. The average molecular weight is 357 g/mol. The maximum Gasteiger partial charge on any atom is 0.120 e. The lowest BCUT2D eigenvalue weighted by molar-refractivity contribution is 0.0252. The second-order valence-electron chi connectivity index (χ2n) is 10.9. The minimum Gasteiger partial charge on any atom is -0.488 e. The Morgan fingerprint density at radius 1 is 0.962 bits per heavy atom. The third kappa shape index (κ3) is 3.97. The van der Waals surface area contributed by atoms with E-state index in [1.165, 1.54) is 44.1 Å². The van der Waals surface area contributed by atoms with Crippen LogP contribution in [0.15, 0.2) is 18.2 Å². The molecule has 0 bridgehead atoms. The molecular formula is C25H40O. The van der Waals surface area contributed by atoms with Gasteiger partial charge in [0.1, 0.15) is 11.4 Å². The molecule has 0 aliphatic heterocycles. The van der Waals surface area contributed by atoms with Gasteiger partial charge in [0.25, 0.3) is 0 Å². The number of benzene rings is 1. The number of ether oxygens (including phenoxy) is 1. The molecule has 2 aliphatic carbocycles. The highest BCUT2D eigenvalue weighted by atomic mass is 16.5. The molecule has 1 aromatic carbocycles. The number of hydrogen-bond donors (Lipinski definition) is 0. The summed E-state index contributed by atoms with van der Waals surface area (Å²) in [5.74, 6) is 3.88. The smallest absolute Gasteiger partial charge is 0.120 e. The molecule has 0 heterocycles. The average Bonchev–Trinajstić information content (AvgIpc) is 2.94. The lowest BCUT2D eigenvalue weighted by Gasteiger charge is -2.37. The van der Waals surface area contributed by atoms with Crippen LogP contribution in [0.4, 0.5) is 0 Å². The fourth-order valence-corrected chi connectivity index (χ4v) is 5.64. The van der Waals surface area contributed by atoms with Crippen molar-refractivity contribution in [1.29, 1.82) is 0 Å². The molecule has 2 unspecified atom stereocenters. The highest BCUT2D eigenvalue weighted by Gasteiger charge is 2.41. The predicted octanol–water partition coefficient (Wildman–Crippen LogP) is 7.38. The van der Waals surface area contributed by atoms with Gasteiger partial charge in [0.2, 0.25) is 0 Å². The van der Waals surface area contributed by atoms with Crippen LogP contribution in [0.3, 0.4) is 0 Å². The largest absolute Gasteiger partial charge is 0.488 e. The van der Waals surface area contributed by atoms with Gasteiger partial charge in [0.15, 0.2) is 0 Å². The molecule has 2 aliphatic rings. The zero-order valence-electron chi connectivity index (χ0n) is 18.2. The molecule has 26 heavy (non-hydrogen) atoms. The molecule has 0 saturated heterocycles. The topological polar surface area (TPSA) is 9.23 Å². The van der Waals surface area contributed by atoms with E-state index in [9.17, 15) is 0 Å². The summed E-state index contributed by atoms with van der Waals surface area (Å²) in [4.78, 5) is 0. The van der Waals surface area contributed by atoms with Gasteiger partial charge in [-0.05, 0) is 85.5 Å². The molecule has 0 radical (unpaired) electrons. The van der Waals surface area contributed by atoms with E-state index in [2.05, 4.69) is 66.7 Å². The van der Waals surface area contributed by atoms with Crippen molar-refractivity contribution in [3.8, 4) is 5.75 Å². The van der Waals surface area contributed by atoms with Gasteiger partial charge in [-0.25, -0.2) is 0 Å². The Morgan fingerprint density at radius 2 is 1.62 bits per heavy atom. The molecule has 1 heteroatoms. The second kappa shape index (κ2) is 7.21. The van der Waals surface area contributed by atoms with Crippen LogP contribution in [0.2, 0.25) is 0 Å². The standard InChI is InChI=1S/C25H40O/c1-17(2)22-16-18-15-20(13-14-21(18)23(22)24(3,4)5)26-25(6,7)19-11-9-8-10-12-19/h13-15,17,19,22-23H,8-12,16H2,1-7H3. The molecule has 0 spiro atoms. The minimum absolute atomic E-state index is 0.0614. The van der Waals surface area contributed by atoms with Crippen molar-refractivity contribution in [3.63, 3.8) is 0 Å². The Bertz CT molecular complexity index is 614. The van der Waals surface area contributed by atoms with Crippen molar-refractivity contribution in [2.45, 2.75) is 98.5 Å². The number of hydrogen-bond acceptors (Lipinski definition) is 1. The van der Waals surface area contributed by atoms with E-state index >= 15 is 0 Å². The van der Waals surface area contributed by atoms with Gasteiger partial charge in [0.05, 0.1) is 0 Å². The van der Waals surface area contributed by atoms with Gasteiger partial charge in [-0.15, -0.1) is 0 Å². The Hall–Kier alpha value is -0.980. The molecule has 1 aromatic rings. The lowest BCUT2D eigenvalue weighted by atomic mass is 9.69. The quantitative estimate of drug-likeness (QED) is 0.546. The number of fused-ring (bicyclic) bond motifs is 1. The lowest BCUT2D eigenvalue weighted by Crippen LogP contribution is -2.38. The summed E-state index contributed by atoms with van der Waals surface area (Å²) in [7, 11) is 0. The molecule has 1 nitrogen and oxygen atoms in total. The zero-order valence-corrected chi connectivity index (χ0v) is 18.2. The highest BCUT2D eigenvalue weighted by Crippen LogP contribution is 2.51. The van der Waals surface area contributed by atoms with Gasteiger partial charge >= 0.3 is 0 Å². The first-order chi connectivity index (χ1) is 12.1. The zero-order chi connectivity index (χ0) is 19.1. The van der Waals surface area contributed by atoms with Crippen LogP contribution < -0.4 is 4.74 Å². The molecule has 0 aromatic heterocycles. The fourth-order valence-electron chi connectivity index (χ4n) is 5.64. The van der Waals surface area contributed by atoms with Crippen LogP contribution in [0.25, 0.3) is 0 Å². The van der Waals surface area contributed by atoms with Gasteiger partial charge in [-0.1, -0.05) is 59.9 Å². The second-order valence-corrected chi connectivity index (χ2v) is 10.9. The van der Waals surface area contributed by atoms with E-state index in [0.29, 0.717) is 17.3 Å². The molecule has 0 N–H and O–H groups in total. The molecule has 2 atom stereocenters. The van der Waals surface area contributed by atoms with E-state index in [1.54, 1.807) is 5.56 Å². The van der Waals surface area contributed by atoms with Crippen molar-refractivity contribution in [3.05, 3.63) is 29.3 Å². The van der Waals surface area contributed by atoms with Crippen LogP contribution in [0, 0.1) is 23.2 Å². The summed E-state index contributed by atoms with van der Waals surface area (Å²) in [5.41, 5.74) is 3.34. The molecule has 146 valence electrons. The fraction of sp³-hybridized carbons (Fsp3) is 0.760. The van der Waals surface area contributed by atoms with Gasteiger partial charge in [-0.2, -0.15) is 0 Å². The van der Waals surface area contributed by atoms with E-state index in [4.69, 9.17) is 4.74 Å². The first-order valence-electron chi connectivity index (χ1n) is 10.9. The van der Waals surface area contributed by atoms with E-state index < -0.39 is 0 Å². The van der Waals surface area contributed by atoms with E-state index in [0.717, 1.165) is 17.6 Å². The van der Waals surface area contributed by atoms with Crippen LogP contribution in [0.1, 0.15) is 97.6 Å². The molecule has 3 rings (SSSR count). The summed E-state index contributed by atoms with van der Waals surface area (Å²) in [5, 5.41) is 0. The summed E-state index contributed by atoms with van der Waals surface area (Å²) < 4.78 is 6.58. The Labute approximate surface area is 161 Å². The van der Waals surface area contributed by atoms with Gasteiger partial charge in [-0.3, -0.25) is 0 Å². The normalized spacial score (nSPS) is 24.8. The minimum atomic E-state index is -0.0614. The van der Waals surface area contributed by atoms with Crippen molar-refractivity contribution < 1.29 is 4.74 Å². The summed E-state index contributed by atoms with van der Waals surface area (Å²) in [6.45, 7) is 16.6. The van der Waals surface area contributed by atoms with Crippen LogP contribution >= 0.6 is 0 Å². The van der Waals surface area contributed by atoms with E-state index in [1.807, 2.05) is 0 Å². The first-order valence-corrected chi connectivity index (χ1v) is 10.9. The molecule has 1 saturated carbocycles. The van der Waals surface area contributed by atoms with Crippen LogP contribution in [0.5, 0.6) is 5.75 Å². The van der Waals surface area contributed by atoms with Crippen molar-refractivity contribution in [1.82, 2.24) is 0 Å². The summed E-state index contributed by atoms with van der Waals surface area (Å²) >= 11 is 0. The Balaban J connectivity index is 1.82.